The van der Waals surface area contributed by atoms with Crippen molar-refractivity contribution in [3.63, 3.8) is 0 Å². The second kappa shape index (κ2) is 8.99. The Balaban J connectivity index is 1.33. The number of benzene rings is 2. The van der Waals surface area contributed by atoms with E-state index in [4.69, 9.17) is 0 Å². The van der Waals surface area contributed by atoms with Gasteiger partial charge in [0.15, 0.2) is 5.78 Å². The van der Waals surface area contributed by atoms with Crippen molar-refractivity contribution in [1.82, 2.24) is 10.3 Å². The Kier molecular flexibility index (Phi) is 6.20. The number of carbonyl (C=O) groups excluding carboxylic acids is 2. The summed E-state index contributed by atoms with van der Waals surface area (Å²) < 4.78 is 0. The quantitative estimate of drug-likeness (QED) is 0.448. The third kappa shape index (κ3) is 4.82. The zero-order valence-corrected chi connectivity index (χ0v) is 14.8. The largest absolute Gasteiger partial charge is 0.361 e. The van der Waals surface area contributed by atoms with Crippen LogP contribution in [0.2, 0.25) is 0 Å². The van der Waals surface area contributed by atoms with Crippen LogP contribution in [0.5, 0.6) is 0 Å². The van der Waals surface area contributed by atoms with E-state index in [9.17, 15) is 9.59 Å². The van der Waals surface area contributed by atoms with E-state index in [0.29, 0.717) is 19.4 Å². The topological polar surface area (TPSA) is 62.0 Å². The molecule has 3 aromatic rings. The second-order valence-corrected chi connectivity index (χ2v) is 6.46. The number of H-pyrrole nitrogens is 1. The van der Waals surface area contributed by atoms with E-state index in [1.165, 1.54) is 10.9 Å². The van der Waals surface area contributed by atoms with Crippen molar-refractivity contribution < 1.29 is 9.59 Å². The van der Waals surface area contributed by atoms with Gasteiger partial charge in [-0.05, 0) is 30.9 Å². The SMILES string of the molecule is O=C(CCCCC(=O)c1ccccc1)NCCc1c[nH]c2ccccc12. The van der Waals surface area contributed by atoms with Crippen molar-refractivity contribution in [2.45, 2.75) is 32.1 Å². The van der Waals surface area contributed by atoms with Crippen LogP contribution in [0.4, 0.5) is 0 Å². The summed E-state index contributed by atoms with van der Waals surface area (Å²) in [6, 6.07) is 17.5. The third-order valence-electron chi connectivity index (χ3n) is 4.54. The molecule has 134 valence electrons. The van der Waals surface area contributed by atoms with E-state index >= 15 is 0 Å². The van der Waals surface area contributed by atoms with Gasteiger partial charge in [-0.1, -0.05) is 48.5 Å². The molecule has 0 spiro atoms. The first-order valence-electron chi connectivity index (χ1n) is 9.14. The Hall–Kier alpha value is -2.88. The van der Waals surface area contributed by atoms with Crippen molar-refractivity contribution in [2.24, 2.45) is 0 Å². The highest BCUT2D eigenvalue weighted by atomic mass is 16.1. The first-order valence-corrected chi connectivity index (χ1v) is 9.14. The zero-order valence-electron chi connectivity index (χ0n) is 14.8. The summed E-state index contributed by atoms with van der Waals surface area (Å²) in [7, 11) is 0. The first kappa shape index (κ1) is 17.9. The lowest BCUT2D eigenvalue weighted by Gasteiger charge is -2.05. The molecule has 26 heavy (non-hydrogen) atoms. The summed E-state index contributed by atoms with van der Waals surface area (Å²) >= 11 is 0. The van der Waals surface area contributed by atoms with Gasteiger partial charge in [0.05, 0.1) is 0 Å². The van der Waals surface area contributed by atoms with Gasteiger partial charge in [0.2, 0.25) is 5.91 Å². The van der Waals surface area contributed by atoms with Gasteiger partial charge in [-0.3, -0.25) is 9.59 Å². The van der Waals surface area contributed by atoms with E-state index < -0.39 is 0 Å². The molecule has 0 aliphatic heterocycles. The molecule has 0 aliphatic carbocycles. The number of aromatic amines is 1. The summed E-state index contributed by atoms with van der Waals surface area (Å²) in [5.74, 6) is 0.197. The Morgan fingerprint density at radius 3 is 2.46 bits per heavy atom. The van der Waals surface area contributed by atoms with E-state index in [2.05, 4.69) is 16.4 Å². The number of rotatable bonds is 9. The Morgan fingerprint density at radius 1 is 0.885 bits per heavy atom. The highest BCUT2D eigenvalue weighted by Crippen LogP contribution is 2.17. The molecule has 0 aliphatic rings. The second-order valence-electron chi connectivity index (χ2n) is 6.46. The molecular weight excluding hydrogens is 324 g/mol. The molecule has 1 amide bonds. The predicted octanol–water partition coefficient (Wildman–Crippen LogP) is 4.27. The molecule has 0 saturated heterocycles. The van der Waals surface area contributed by atoms with Gasteiger partial charge in [0.1, 0.15) is 0 Å². The van der Waals surface area contributed by atoms with Crippen LogP contribution < -0.4 is 5.32 Å². The number of ketones is 1. The van der Waals surface area contributed by atoms with Gasteiger partial charge in [-0.15, -0.1) is 0 Å². The molecule has 1 heterocycles. The summed E-state index contributed by atoms with van der Waals surface area (Å²) in [4.78, 5) is 27.2. The monoisotopic (exact) mass is 348 g/mol. The van der Waals surface area contributed by atoms with Crippen LogP contribution >= 0.6 is 0 Å². The van der Waals surface area contributed by atoms with Crippen LogP contribution in [-0.4, -0.2) is 23.2 Å². The molecule has 0 saturated carbocycles. The minimum Gasteiger partial charge on any atom is -0.361 e. The highest BCUT2D eigenvalue weighted by molar-refractivity contribution is 5.95. The van der Waals surface area contributed by atoms with Crippen molar-refractivity contribution >= 4 is 22.6 Å². The molecule has 4 nitrogen and oxygen atoms in total. The highest BCUT2D eigenvalue weighted by Gasteiger charge is 2.07. The zero-order chi connectivity index (χ0) is 18.2. The van der Waals surface area contributed by atoms with Crippen LogP contribution in [0.25, 0.3) is 10.9 Å². The van der Waals surface area contributed by atoms with Gasteiger partial charge >= 0.3 is 0 Å². The Morgan fingerprint density at radius 2 is 1.62 bits per heavy atom. The number of unbranched alkanes of at least 4 members (excludes halogenated alkanes) is 1. The number of hydrogen-bond acceptors (Lipinski definition) is 2. The molecule has 1 aromatic heterocycles. The normalized spacial score (nSPS) is 10.8. The lowest BCUT2D eigenvalue weighted by Crippen LogP contribution is -2.25. The van der Waals surface area contributed by atoms with Crippen LogP contribution in [0, 0.1) is 0 Å². The molecular formula is C22H24N2O2. The van der Waals surface area contributed by atoms with Gasteiger partial charge in [-0.2, -0.15) is 0 Å². The molecule has 3 rings (SSSR count). The third-order valence-corrected chi connectivity index (χ3v) is 4.54. The number of carbonyl (C=O) groups is 2. The minimum atomic E-state index is 0.0528. The number of fused-ring (bicyclic) bond motifs is 1. The number of aromatic nitrogens is 1. The number of hydrogen-bond donors (Lipinski definition) is 2. The Labute approximate surface area is 153 Å². The van der Waals surface area contributed by atoms with Gasteiger partial charge < -0.3 is 10.3 Å². The van der Waals surface area contributed by atoms with E-state index in [1.807, 2.05) is 54.7 Å². The minimum absolute atomic E-state index is 0.0528. The average molecular weight is 348 g/mol. The lowest BCUT2D eigenvalue weighted by atomic mass is 10.0. The van der Waals surface area contributed by atoms with Gasteiger partial charge in [0.25, 0.3) is 0 Å². The molecule has 2 aromatic carbocycles. The maximum Gasteiger partial charge on any atom is 0.220 e. The molecule has 0 radical (unpaired) electrons. The van der Waals surface area contributed by atoms with Gasteiger partial charge in [-0.25, -0.2) is 0 Å². The van der Waals surface area contributed by atoms with Crippen LogP contribution in [0.1, 0.15) is 41.6 Å². The molecule has 0 bridgehead atoms. The molecule has 0 atom stereocenters. The van der Waals surface area contributed by atoms with Crippen LogP contribution in [-0.2, 0) is 11.2 Å². The number of amides is 1. The number of nitrogens with one attached hydrogen (secondary N) is 2. The average Bonchev–Trinajstić information content (AvgIpc) is 3.09. The van der Waals surface area contributed by atoms with Crippen LogP contribution in [0.3, 0.4) is 0 Å². The van der Waals surface area contributed by atoms with E-state index in [-0.39, 0.29) is 11.7 Å². The maximum atomic E-state index is 12.0. The predicted molar refractivity (Wildman–Crippen MR) is 104 cm³/mol. The fraction of sp³-hybridized carbons (Fsp3) is 0.273. The molecule has 4 heteroatoms. The van der Waals surface area contributed by atoms with Crippen molar-refractivity contribution in [2.75, 3.05) is 6.54 Å². The maximum absolute atomic E-state index is 12.0. The number of para-hydroxylation sites is 1. The van der Waals surface area contributed by atoms with Crippen molar-refractivity contribution in [3.8, 4) is 0 Å². The van der Waals surface area contributed by atoms with Gasteiger partial charge in [0, 0.05) is 42.0 Å². The smallest absolute Gasteiger partial charge is 0.220 e. The molecule has 0 fully saturated rings. The van der Waals surface area contributed by atoms with Crippen molar-refractivity contribution in [3.05, 3.63) is 71.9 Å². The summed E-state index contributed by atoms with van der Waals surface area (Å²) in [5.41, 5.74) is 3.09. The fourth-order valence-electron chi connectivity index (χ4n) is 3.10. The van der Waals surface area contributed by atoms with Crippen molar-refractivity contribution in [1.29, 1.82) is 0 Å². The van der Waals surface area contributed by atoms with Crippen LogP contribution in [0.15, 0.2) is 60.8 Å². The fourth-order valence-corrected chi connectivity index (χ4v) is 3.10. The standard InChI is InChI=1S/C22H24N2O2/c25-21(17-8-2-1-3-9-17)12-6-7-13-22(26)23-15-14-18-16-24-20-11-5-4-10-19(18)20/h1-5,8-11,16,24H,6-7,12-15H2,(H,23,26). The first-order chi connectivity index (χ1) is 12.7. The van der Waals surface area contributed by atoms with E-state index in [0.717, 1.165) is 30.3 Å². The summed E-state index contributed by atoms with van der Waals surface area (Å²) in [6.07, 6.45) is 5.25. The summed E-state index contributed by atoms with van der Waals surface area (Å²) in [6.45, 7) is 0.629. The Bertz CT molecular complexity index is 868. The summed E-state index contributed by atoms with van der Waals surface area (Å²) in [5, 5.41) is 4.18. The molecule has 0 unspecified atom stereocenters. The number of Topliss-reactive ketones (excluding diaryl/α,β-unsaturated/α-hetero) is 1. The lowest BCUT2D eigenvalue weighted by molar-refractivity contribution is -0.121. The van der Waals surface area contributed by atoms with E-state index in [1.54, 1.807) is 0 Å². The molecule has 2 N–H and O–H groups in total.